The Hall–Kier alpha value is -1.13. The van der Waals surface area contributed by atoms with Crippen LogP contribution < -0.4 is 4.90 Å². The van der Waals surface area contributed by atoms with Crippen LogP contribution >= 0.6 is 0 Å². The van der Waals surface area contributed by atoms with Crippen molar-refractivity contribution in [2.75, 3.05) is 44.8 Å². The standard InChI is InChI=1S/C15H25N3O/c1-4-7-17-8-9-18(10-11-19-3)15-14(12-17)6-5-13(2)16-15/h5-6H,4,7-12H2,1-3H3. The van der Waals surface area contributed by atoms with Crippen molar-refractivity contribution in [3.05, 3.63) is 23.4 Å². The summed E-state index contributed by atoms with van der Waals surface area (Å²) in [5.74, 6) is 1.15. The highest BCUT2D eigenvalue weighted by Gasteiger charge is 2.20. The van der Waals surface area contributed by atoms with Gasteiger partial charge in [-0.2, -0.15) is 0 Å². The van der Waals surface area contributed by atoms with E-state index in [0.29, 0.717) is 0 Å². The second-order valence-electron chi connectivity index (χ2n) is 5.19. The van der Waals surface area contributed by atoms with Crippen LogP contribution in [0.5, 0.6) is 0 Å². The van der Waals surface area contributed by atoms with Gasteiger partial charge in [-0.05, 0) is 26.0 Å². The number of fused-ring (bicyclic) bond motifs is 1. The molecule has 0 N–H and O–H groups in total. The molecule has 1 aliphatic heterocycles. The summed E-state index contributed by atoms with van der Waals surface area (Å²) in [4.78, 5) is 9.63. The molecular weight excluding hydrogens is 238 g/mol. The van der Waals surface area contributed by atoms with Gasteiger partial charge in [-0.1, -0.05) is 13.0 Å². The highest BCUT2D eigenvalue weighted by atomic mass is 16.5. The van der Waals surface area contributed by atoms with Crippen molar-refractivity contribution in [2.45, 2.75) is 26.8 Å². The zero-order valence-corrected chi connectivity index (χ0v) is 12.4. The van der Waals surface area contributed by atoms with Crippen molar-refractivity contribution in [3.8, 4) is 0 Å². The molecule has 19 heavy (non-hydrogen) atoms. The first-order chi connectivity index (χ1) is 9.24. The summed E-state index contributed by atoms with van der Waals surface area (Å²) in [6.07, 6.45) is 1.20. The molecule has 0 atom stereocenters. The van der Waals surface area contributed by atoms with Gasteiger partial charge >= 0.3 is 0 Å². The first-order valence-electron chi connectivity index (χ1n) is 7.17. The van der Waals surface area contributed by atoms with Gasteiger partial charge in [0.2, 0.25) is 0 Å². The maximum atomic E-state index is 5.22. The van der Waals surface area contributed by atoms with E-state index in [2.05, 4.69) is 35.8 Å². The lowest BCUT2D eigenvalue weighted by molar-refractivity contribution is 0.204. The first kappa shape index (κ1) is 14.3. The molecule has 0 radical (unpaired) electrons. The summed E-state index contributed by atoms with van der Waals surface area (Å²) >= 11 is 0. The van der Waals surface area contributed by atoms with Gasteiger partial charge in [0, 0.05) is 44.5 Å². The van der Waals surface area contributed by atoms with Gasteiger partial charge in [-0.3, -0.25) is 4.90 Å². The van der Waals surface area contributed by atoms with Crippen LogP contribution in [0.1, 0.15) is 24.6 Å². The van der Waals surface area contributed by atoms with Gasteiger partial charge < -0.3 is 9.64 Å². The van der Waals surface area contributed by atoms with Crippen LogP contribution in [-0.4, -0.2) is 49.8 Å². The van der Waals surface area contributed by atoms with Gasteiger partial charge in [-0.15, -0.1) is 0 Å². The lowest BCUT2D eigenvalue weighted by Gasteiger charge is -2.23. The summed E-state index contributed by atoms with van der Waals surface area (Å²) < 4.78 is 5.22. The topological polar surface area (TPSA) is 28.6 Å². The third kappa shape index (κ3) is 3.67. The Bertz CT molecular complexity index is 408. The van der Waals surface area contributed by atoms with E-state index in [1.54, 1.807) is 7.11 Å². The smallest absolute Gasteiger partial charge is 0.133 e. The number of hydrogen-bond acceptors (Lipinski definition) is 4. The normalized spacial score (nSPS) is 16.3. The predicted molar refractivity (Wildman–Crippen MR) is 78.6 cm³/mol. The third-order valence-electron chi connectivity index (χ3n) is 3.58. The van der Waals surface area contributed by atoms with Gasteiger partial charge in [0.05, 0.1) is 6.61 Å². The van der Waals surface area contributed by atoms with Crippen LogP contribution in [0.25, 0.3) is 0 Å². The minimum absolute atomic E-state index is 0.753. The van der Waals surface area contributed by atoms with Crippen LogP contribution in [0.15, 0.2) is 12.1 Å². The number of methoxy groups -OCH3 is 1. The Labute approximate surface area is 116 Å². The fourth-order valence-electron chi connectivity index (χ4n) is 2.58. The number of hydrogen-bond donors (Lipinski definition) is 0. The van der Waals surface area contributed by atoms with Crippen molar-refractivity contribution in [2.24, 2.45) is 0 Å². The van der Waals surface area contributed by atoms with Crippen LogP contribution in [0.3, 0.4) is 0 Å². The Balaban J connectivity index is 2.22. The molecule has 0 fully saturated rings. The Kier molecular flexibility index (Phi) is 5.16. The number of nitrogens with zero attached hydrogens (tertiary/aromatic N) is 3. The molecule has 4 heteroatoms. The summed E-state index contributed by atoms with van der Waals surface area (Å²) in [7, 11) is 1.76. The molecule has 0 unspecified atom stereocenters. The van der Waals surface area contributed by atoms with E-state index in [1.807, 2.05) is 0 Å². The quantitative estimate of drug-likeness (QED) is 0.813. The fraction of sp³-hybridized carbons (Fsp3) is 0.667. The highest BCUT2D eigenvalue weighted by Crippen LogP contribution is 2.23. The summed E-state index contributed by atoms with van der Waals surface area (Å²) in [6.45, 7) is 10.3. The molecule has 2 rings (SSSR count). The SMILES string of the molecule is CCCN1CCN(CCOC)c2nc(C)ccc2C1. The monoisotopic (exact) mass is 263 g/mol. The molecule has 0 saturated carbocycles. The summed E-state index contributed by atoms with van der Waals surface area (Å²) in [6, 6.07) is 4.34. The number of aryl methyl sites for hydroxylation is 1. The van der Waals surface area contributed by atoms with Crippen LogP contribution in [0.2, 0.25) is 0 Å². The maximum absolute atomic E-state index is 5.22. The third-order valence-corrected chi connectivity index (χ3v) is 3.58. The molecule has 1 aromatic rings. The van der Waals surface area contributed by atoms with Crippen molar-refractivity contribution in [1.82, 2.24) is 9.88 Å². The molecule has 0 amide bonds. The molecule has 0 aromatic carbocycles. The second kappa shape index (κ2) is 6.87. The van der Waals surface area contributed by atoms with E-state index in [-0.39, 0.29) is 0 Å². The molecule has 0 bridgehead atoms. The number of pyridine rings is 1. The molecule has 0 spiro atoms. The van der Waals surface area contributed by atoms with Crippen molar-refractivity contribution >= 4 is 5.82 Å². The zero-order valence-electron chi connectivity index (χ0n) is 12.4. The van der Waals surface area contributed by atoms with E-state index in [9.17, 15) is 0 Å². The largest absolute Gasteiger partial charge is 0.383 e. The molecule has 2 heterocycles. The number of rotatable bonds is 5. The number of anilines is 1. The molecule has 1 aromatic heterocycles. The molecule has 106 valence electrons. The lowest BCUT2D eigenvalue weighted by Crippen LogP contribution is -2.34. The first-order valence-corrected chi connectivity index (χ1v) is 7.17. The minimum atomic E-state index is 0.753. The van der Waals surface area contributed by atoms with Gasteiger partial charge in [0.25, 0.3) is 0 Å². The van der Waals surface area contributed by atoms with E-state index >= 15 is 0 Å². The van der Waals surface area contributed by atoms with E-state index < -0.39 is 0 Å². The Morgan fingerprint density at radius 1 is 1.26 bits per heavy atom. The van der Waals surface area contributed by atoms with E-state index in [4.69, 9.17) is 9.72 Å². The Morgan fingerprint density at radius 2 is 2.11 bits per heavy atom. The second-order valence-corrected chi connectivity index (χ2v) is 5.19. The van der Waals surface area contributed by atoms with Crippen molar-refractivity contribution in [1.29, 1.82) is 0 Å². The van der Waals surface area contributed by atoms with Crippen LogP contribution in [0, 0.1) is 6.92 Å². The minimum Gasteiger partial charge on any atom is -0.383 e. The van der Waals surface area contributed by atoms with E-state index in [1.165, 1.54) is 12.0 Å². The van der Waals surface area contributed by atoms with Gasteiger partial charge in [0.15, 0.2) is 0 Å². The lowest BCUT2D eigenvalue weighted by atomic mass is 10.2. The number of ether oxygens (including phenoxy) is 1. The molecule has 1 aliphatic rings. The molecule has 4 nitrogen and oxygen atoms in total. The molecule has 0 saturated heterocycles. The Morgan fingerprint density at radius 3 is 2.84 bits per heavy atom. The van der Waals surface area contributed by atoms with Crippen molar-refractivity contribution in [3.63, 3.8) is 0 Å². The fourth-order valence-corrected chi connectivity index (χ4v) is 2.58. The summed E-state index contributed by atoms with van der Waals surface area (Å²) in [5.41, 5.74) is 2.43. The zero-order chi connectivity index (χ0) is 13.7. The van der Waals surface area contributed by atoms with Gasteiger partial charge in [-0.25, -0.2) is 4.98 Å². The average molecular weight is 263 g/mol. The maximum Gasteiger partial charge on any atom is 0.133 e. The van der Waals surface area contributed by atoms with Crippen LogP contribution in [-0.2, 0) is 11.3 Å². The van der Waals surface area contributed by atoms with Gasteiger partial charge in [0.1, 0.15) is 5.82 Å². The predicted octanol–water partition coefficient (Wildman–Crippen LogP) is 2.07. The van der Waals surface area contributed by atoms with Crippen LogP contribution in [0.4, 0.5) is 5.82 Å². The van der Waals surface area contributed by atoms with Crippen molar-refractivity contribution < 1.29 is 4.74 Å². The highest BCUT2D eigenvalue weighted by molar-refractivity contribution is 5.48. The number of aromatic nitrogens is 1. The average Bonchev–Trinajstić information content (AvgIpc) is 2.56. The summed E-state index contributed by atoms with van der Waals surface area (Å²) in [5, 5.41) is 0. The van der Waals surface area contributed by atoms with E-state index in [0.717, 1.165) is 50.8 Å². The molecule has 0 aliphatic carbocycles. The molecular formula is C15H25N3O.